The zero-order chi connectivity index (χ0) is 40.1. The summed E-state index contributed by atoms with van der Waals surface area (Å²) < 4.78 is 0. The highest BCUT2D eigenvalue weighted by molar-refractivity contribution is 6.27. The van der Waals surface area contributed by atoms with Crippen LogP contribution in [-0.4, -0.2) is 19.9 Å². The molecule has 2 aliphatic carbocycles. The zero-order valence-corrected chi connectivity index (χ0v) is 32.9. The fourth-order valence-electron chi connectivity index (χ4n) is 10.3. The first-order chi connectivity index (χ1) is 30.2. The van der Waals surface area contributed by atoms with Gasteiger partial charge in [-0.3, -0.25) is 9.97 Å². The topological polar surface area (TPSA) is 51.6 Å². The van der Waals surface area contributed by atoms with Crippen molar-refractivity contribution >= 4 is 44.5 Å². The van der Waals surface area contributed by atoms with Crippen LogP contribution in [0.1, 0.15) is 33.4 Å². The Kier molecular flexibility index (Phi) is 7.19. The van der Waals surface area contributed by atoms with Crippen molar-refractivity contribution in [1.82, 2.24) is 19.9 Å². The number of benzene rings is 8. The van der Waals surface area contributed by atoms with Gasteiger partial charge in [0.05, 0.1) is 22.5 Å². The number of fused-ring (bicyclic) bond motifs is 10. The fraction of sp³-hybridized carbons (Fsp3) is 0.0175. The van der Waals surface area contributed by atoms with Crippen LogP contribution in [0.3, 0.4) is 0 Å². The maximum absolute atomic E-state index is 5.34. The van der Waals surface area contributed by atoms with E-state index < -0.39 is 5.41 Å². The van der Waals surface area contributed by atoms with E-state index in [-0.39, 0.29) is 0 Å². The Hall–Kier alpha value is -8.08. The number of hydrogen-bond acceptors (Lipinski definition) is 4. The summed E-state index contributed by atoms with van der Waals surface area (Å²) in [5, 5.41) is 7.77. The average Bonchev–Trinajstić information content (AvgIpc) is 3.54. The van der Waals surface area contributed by atoms with E-state index in [1.54, 1.807) is 6.20 Å². The van der Waals surface area contributed by atoms with Gasteiger partial charge in [0.25, 0.3) is 0 Å². The Morgan fingerprint density at radius 1 is 0.393 bits per heavy atom. The Labute approximate surface area is 352 Å². The smallest absolute Gasteiger partial charge is 0.161 e. The SMILES string of the molecule is C1=Cc2ccc(-c3cc(-c4ccccc4)nc(-c4ccc(-c5cccnc5)nc4)n3)cc2C2(c3ccccc31)c1ccccc1-c1c2cc2ccc3cccc4ccc1c2c34. The molecule has 0 amide bonds. The molecule has 0 saturated heterocycles. The second-order valence-electron chi connectivity index (χ2n) is 16.2. The highest BCUT2D eigenvalue weighted by Crippen LogP contribution is 2.61. The lowest BCUT2D eigenvalue weighted by Crippen LogP contribution is -2.30. The summed E-state index contributed by atoms with van der Waals surface area (Å²) in [4.78, 5) is 19.6. The van der Waals surface area contributed by atoms with Gasteiger partial charge in [-0.25, -0.2) is 9.97 Å². The molecule has 0 radical (unpaired) electrons. The van der Waals surface area contributed by atoms with Crippen LogP contribution in [0.2, 0.25) is 0 Å². The van der Waals surface area contributed by atoms with Crippen molar-refractivity contribution in [2.24, 2.45) is 0 Å². The van der Waals surface area contributed by atoms with Gasteiger partial charge in [-0.15, -0.1) is 0 Å². The molecule has 0 N–H and O–H groups in total. The predicted octanol–water partition coefficient (Wildman–Crippen LogP) is 13.7. The van der Waals surface area contributed by atoms with Gasteiger partial charge >= 0.3 is 0 Å². The van der Waals surface area contributed by atoms with Crippen molar-refractivity contribution in [2.75, 3.05) is 0 Å². The molecule has 0 saturated carbocycles. The lowest BCUT2D eigenvalue weighted by atomic mass is 9.65. The van der Waals surface area contributed by atoms with Crippen molar-refractivity contribution in [3.8, 4) is 56.3 Å². The number of nitrogens with zero attached hydrogens (tertiary/aromatic N) is 4. The predicted molar refractivity (Wildman–Crippen MR) is 249 cm³/mol. The first kappa shape index (κ1) is 33.8. The molecule has 0 aliphatic heterocycles. The third-order valence-corrected chi connectivity index (χ3v) is 13.0. The molecule has 1 atom stereocenters. The normalized spacial score (nSPS) is 14.9. The molecule has 282 valence electrons. The molecule has 61 heavy (non-hydrogen) atoms. The van der Waals surface area contributed by atoms with E-state index in [2.05, 4.69) is 169 Å². The van der Waals surface area contributed by atoms with Crippen molar-refractivity contribution in [3.63, 3.8) is 0 Å². The molecule has 3 aromatic heterocycles. The number of rotatable bonds is 4. The van der Waals surface area contributed by atoms with E-state index >= 15 is 0 Å². The molecular formula is C57H34N4. The minimum atomic E-state index is -0.619. The van der Waals surface area contributed by atoms with Gasteiger partial charge in [-0.05, 0) is 119 Å². The van der Waals surface area contributed by atoms with E-state index in [1.807, 2.05) is 36.7 Å². The summed E-state index contributed by atoms with van der Waals surface area (Å²) in [7, 11) is 0. The monoisotopic (exact) mass is 774 g/mol. The van der Waals surface area contributed by atoms with Gasteiger partial charge in [0.1, 0.15) is 0 Å². The lowest BCUT2D eigenvalue weighted by Gasteiger charge is -2.36. The van der Waals surface area contributed by atoms with Crippen LogP contribution in [0.5, 0.6) is 0 Å². The summed E-state index contributed by atoms with van der Waals surface area (Å²) in [5.74, 6) is 0.622. The van der Waals surface area contributed by atoms with Gasteiger partial charge in [0.15, 0.2) is 5.82 Å². The van der Waals surface area contributed by atoms with E-state index in [9.17, 15) is 0 Å². The maximum atomic E-state index is 5.34. The number of hydrogen-bond donors (Lipinski definition) is 0. The Bertz CT molecular complexity index is 3560. The second kappa shape index (κ2) is 13.0. The number of pyridine rings is 2. The van der Waals surface area contributed by atoms with Crippen LogP contribution < -0.4 is 0 Å². The third kappa shape index (κ3) is 4.93. The van der Waals surface area contributed by atoms with Crippen molar-refractivity contribution in [3.05, 3.63) is 228 Å². The van der Waals surface area contributed by atoms with Crippen LogP contribution in [0.25, 0.3) is 101 Å². The Balaban J connectivity index is 1.08. The van der Waals surface area contributed by atoms with E-state index in [0.29, 0.717) is 5.82 Å². The molecule has 2 aliphatic rings. The van der Waals surface area contributed by atoms with Crippen LogP contribution in [0, 0.1) is 0 Å². The summed E-state index contributed by atoms with van der Waals surface area (Å²) in [5.41, 5.74) is 15.9. The minimum absolute atomic E-state index is 0.619. The highest BCUT2D eigenvalue weighted by atomic mass is 14.9. The summed E-state index contributed by atoms with van der Waals surface area (Å²) in [6.45, 7) is 0. The molecular weight excluding hydrogens is 741 g/mol. The zero-order valence-electron chi connectivity index (χ0n) is 32.9. The average molecular weight is 775 g/mol. The fourth-order valence-corrected chi connectivity index (χ4v) is 10.3. The standard InChI is InChI=1S/C57H34N4/c1-2-11-37(12-3-1)51-32-52(61-56(60-51)43-26-28-50(59-34-43)42-15-9-29-58-33-42)40-23-21-36-20-19-35-10-4-6-17-46(35)57(48(36)30-40)47-18-7-5-16-44(47)55-45-27-25-39-14-8-13-38-22-24-41(31-49(55)57)54(45)53(38)39/h1-34H. The highest BCUT2D eigenvalue weighted by Gasteiger charge is 2.49. The first-order valence-corrected chi connectivity index (χ1v) is 20.8. The summed E-state index contributed by atoms with van der Waals surface area (Å²) in [6.07, 6.45) is 10.1. The van der Waals surface area contributed by atoms with Crippen molar-refractivity contribution < 1.29 is 0 Å². The van der Waals surface area contributed by atoms with E-state index in [0.717, 1.165) is 39.3 Å². The van der Waals surface area contributed by atoms with Crippen molar-refractivity contribution in [2.45, 2.75) is 5.41 Å². The van der Waals surface area contributed by atoms with Crippen LogP contribution in [0.15, 0.2) is 195 Å². The molecule has 13 rings (SSSR count). The molecule has 1 unspecified atom stereocenters. The quantitative estimate of drug-likeness (QED) is 0.167. The van der Waals surface area contributed by atoms with E-state index in [1.165, 1.54) is 76.8 Å². The summed E-state index contributed by atoms with van der Waals surface area (Å²) >= 11 is 0. The minimum Gasteiger partial charge on any atom is -0.264 e. The Morgan fingerprint density at radius 2 is 1.11 bits per heavy atom. The number of aromatic nitrogens is 4. The van der Waals surface area contributed by atoms with Gasteiger partial charge in [0, 0.05) is 40.8 Å². The molecule has 4 nitrogen and oxygen atoms in total. The molecule has 0 fully saturated rings. The van der Waals surface area contributed by atoms with Crippen LogP contribution in [-0.2, 0) is 5.41 Å². The molecule has 11 aromatic rings. The van der Waals surface area contributed by atoms with Crippen LogP contribution in [0.4, 0.5) is 0 Å². The van der Waals surface area contributed by atoms with Crippen molar-refractivity contribution in [1.29, 1.82) is 0 Å². The maximum Gasteiger partial charge on any atom is 0.161 e. The third-order valence-electron chi connectivity index (χ3n) is 13.0. The second-order valence-corrected chi connectivity index (χ2v) is 16.2. The van der Waals surface area contributed by atoms with Gasteiger partial charge in [0.2, 0.25) is 0 Å². The van der Waals surface area contributed by atoms with E-state index in [4.69, 9.17) is 15.0 Å². The van der Waals surface area contributed by atoms with Gasteiger partial charge in [-0.2, -0.15) is 0 Å². The summed E-state index contributed by atoms with van der Waals surface area (Å²) in [6, 6.07) is 63.9. The lowest BCUT2D eigenvalue weighted by molar-refractivity contribution is 0.768. The van der Waals surface area contributed by atoms with Crippen LogP contribution >= 0.6 is 0 Å². The molecule has 0 bridgehead atoms. The van der Waals surface area contributed by atoms with Gasteiger partial charge in [-0.1, -0.05) is 146 Å². The van der Waals surface area contributed by atoms with Gasteiger partial charge < -0.3 is 0 Å². The molecule has 1 spiro atoms. The molecule has 4 heteroatoms. The molecule has 8 aromatic carbocycles. The Morgan fingerprint density at radius 3 is 1.93 bits per heavy atom. The first-order valence-electron chi connectivity index (χ1n) is 20.8. The largest absolute Gasteiger partial charge is 0.264 e. The molecule has 3 heterocycles.